The van der Waals surface area contributed by atoms with Crippen molar-refractivity contribution in [3.05, 3.63) is 40.6 Å². The SMILES string of the molecule is CNn1c(-c2ccc(OCCOCCO)cc2)c(F)nc(N2C(=O)CCC2C)c1=O. The molecule has 0 bridgehead atoms. The van der Waals surface area contributed by atoms with E-state index in [9.17, 15) is 14.0 Å². The molecule has 0 spiro atoms. The van der Waals surface area contributed by atoms with Gasteiger partial charge >= 0.3 is 5.56 Å². The van der Waals surface area contributed by atoms with Crippen molar-refractivity contribution in [2.24, 2.45) is 0 Å². The summed E-state index contributed by atoms with van der Waals surface area (Å²) in [4.78, 5) is 30.2. The van der Waals surface area contributed by atoms with Gasteiger partial charge in [-0.1, -0.05) is 0 Å². The number of hydrogen-bond acceptors (Lipinski definition) is 7. The van der Waals surface area contributed by atoms with Crippen molar-refractivity contribution in [3.63, 3.8) is 0 Å². The molecule has 1 unspecified atom stereocenters. The molecule has 162 valence electrons. The minimum atomic E-state index is -0.864. The van der Waals surface area contributed by atoms with Crippen LogP contribution in [0.3, 0.4) is 0 Å². The second-order valence-corrected chi connectivity index (χ2v) is 6.80. The van der Waals surface area contributed by atoms with Crippen LogP contribution < -0.4 is 20.6 Å². The number of anilines is 1. The Hall–Kier alpha value is -2.98. The van der Waals surface area contributed by atoms with Crippen molar-refractivity contribution in [1.29, 1.82) is 0 Å². The quantitative estimate of drug-likeness (QED) is 0.586. The van der Waals surface area contributed by atoms with E-state index >= 15 is 0 Å². The summed E-state index contributed by atoms with van der Waals surface area (Å²) in [7, 11) is 1.49. The molecule has 3 rings (SSSR count). The summed E-state index contributed by atoms with van der Waals surface area (Å²) < 4.78 is 26.7. The van der Waals surface area contributed by atoms with Crippen LogP contribution in [0.1, 0.15) is 19.8 Å². The summed E-state index contributed by atoms with van der Waals surface area (Å²) >= 11 is 0. The number of nitrogens with one attached hydrogen (secondary N) is 1. The van der Waals surface area contributed by atoms with Crippen LogP contribution in [-0.4, -0.2) is 60.2 Å². The molecule has 1 amide bonds. The molecule has 2 aromatic rings. The normalized spacial score (nSPS) is 16.2. The lowest BCUT2D eigenvalue weighted by molar-refractivity contribution is -0.117. The molecule has 1 saturated heterocycles. The maximum Gasteiger partial charge on any atom is 0.312 e. The van der Waals surface area contributed by atoms with Crippen LogP contribution in [-0.2, 0) is 9.53 Å². The van der Waals surface area contributed by atoms with Gasteiger partial charge in [0, 0.05) is 25.1 Å². The molecule has 2 heterocycles. The summed E-state index contributed by atoms with van der Waals surface area (Å²) in [6.45, 7) is 2.62. The third-order valence-electron chi connectivity index (χ3n) is 4.81. The van der Waals surface area contributed by atoms with Gasteiger partial charge in [-0.05, 0) is 37.6 Å². The molecule has 1 fully saturated rings. The van der Waals surface area contributed by atoms with Crippen molar-refractivity contribution in [1.82, 2.24) is 9.66 Å². The molecule has 2 N–H and O–H groups in total. The van der Waals surface area contributed by atoms with Crippen LogP contribution in [0.15, 0.2) is 29.1 Å². The van der Waals surface area contributed by atoms with Gasteiger partial charge in [0.15, 0.2) is 0 Å². The fraction of sp³-hybridized carbons (Fsp3) is 0.450. The smallest absolute Gasteiger partial charge is 0.312 e. The molecular weight excluding hydrogens is 395 g/mol. The Morgan fingerprint density at radius 2 is 1.97 bits per heavy atom. The number of amides is 1. The van der Waals surface area contributed by atoms with Gasteiger partial charge in [0.1, 0.15) is 18.1 Å². The van der Waals surface area contributed by atoms with Crippen molar-refractivity contribution >= 4 is 11.7 Å². The first-order valence-electron chi connectivity index (χ1n) is 9.72. The molecular formula is C20H25FN4O5. The zero-order chi connectivity index (χ0) is 21.7. The molecule has 0 saturated carbocycles. The molecule has 0 radical (unpaired) electrons. The predicted octanol–water partition coefficient (Wildman–Crippen LogP) is 1.13. The lowest BCUT2D eigenvalue weighted by Gasteiger charge is -2.22. The van der Waals surface area contributed by atoms with E-state index in [0.29, 0.717) is 37.4 Å². The molecule has 1 aliphatic heterocycles. The fourth-order valence-electron chi connectivity index (χ4n) is 3.35. The second-order valence-electron chi connectivity index (χ2n) is 6.80. The Balaban J connectivity index is 1.86. The Kier molecular flexibility index (Phi) is 7.01. The molecule has 30 heavy (non-hydrogen) atoms. The van der Waals surface area contributed by atoms with E-state index in [1.54, 1.807) is 31.2 Å². The maximum atomic E-state index is 15.0. The zero-order valence-corrected chi connectivity index (χ0v) is 16.9. The van der Waals surface area contributed by atoms with E-state index in [2.05, 4.69) is 10.4 Å². The molecule has 10 heteroatoms. The number of aromatic nitrogens is 2. The number of benzene rings is 1. The van der Waals surface area contributed by atoms with Crippen LogP contribution in [0.4, 0.5) is 10.2 Å². The lowest BCUT2D eigenvalue weighted by Crippen LogP contribution is -2.41. The van der Waals surface area contributed by atoms with Crippen LogP contribution in [0.2, 0.25) is 0 Å². The van der Waals surface area contributed by atoms with Gasteiger partial charge in [-0.2, -0.15) is 9.37 Å². The van der Waals surface area contributed by atoms with Gasteiger partial charge in [0.05, 0.1) is 19.8 Å². The number of halogens is 1. The summed E-state index contributed by atoms with van der Waals surface area (Å²) in [6.07, 6.45) is 0.896. The summed E-state index contributed by atoms with van der Waals surface area (Å²) in [5.41, 5.74) is 2.46. The first kappa shape index (κ1) is 21.7. The third-order valence-corrected chi connectivity index (χ3v) is 4.81. The second kappa shape index (κ2) is 9.68. The highest BCUT2D eigenvalue weighted by Crippen LogP contribution is 2.27. The highest BCUT2D eigenvalue weighted by Gasteiger charge is 2.33. The topological polar surface area (TPSA) is 106 Å². The molecule has 1 aliphatic rings. The van der Waals surface area contributed by atoms with Crippen molar-refractivity contribution in [3.8, 4) is 17.0 Å². The minimum Gasteiger partial charge on any atom is -0.491 e. The average molecular weight is 420 g/mol. The molecule has 1 aromatic carbocycles. The lowest BCUT2D eigenvalue weighted by atomic mass is 10.1. The number of ether oxygens (including phenoxy) is 2. The largest absolute Gasteiger partial charge is 0.491 e. The molecule has 0 aliphatic carbocycles. The summed E-state index contributed by atoms with van der Waals surface area (Å²) in [5, 5.41) is 8.66. The van der Waals surface area contributed by atoms with Gasteiger partial charge in [0.25, 0.3) is 0 Å². The van der Waals surface area contributed by atoms with E-state index in [4.69, 9.17) is 14.6 Å². The van der Waals surface area contributed by atoms with Crippen LogP contribution >= 0.6 is 0 Å². The van der Waals surface area contributed by atoms with Crippen LogP contribution in [0, 0.1) is 5.95 Å². The summed E-state index contributed by atoms with van der Waals surface area (Å²) in [6, 6.07) is 6.30. The average Bonchev–Trinajstić information content (AvgIpc) is 3.07. The van der Waals surface area contributed by atoms with Gasteiger partial charge in [-0.15, -0.1) is 0 Å². The van der Waals surface area contributed by atoms with Gasteiger partial charge in [-0.25, -0.2) is 4.68 Å². The van der Waals surface area contributed by atoms with Gasteiger partial charge < -0.3 is 20.0 Å². The number of aliphatic hydroxyl groups excluding tert-OH is 1. The van der Waals surface area contributed by atoms with Crippen LogP contribution in [0.25, 0.3) is 11.3 Å². The Labute approximate surface area is 173 Å². The van der Waals surface area contributed by atoms with E-state index in [1.807, 2.05) is 0 Å². The Morgan fingerprint density at radius 3 is 2.57 bits per heavy atom. The number of nitrogens with zero attached hydrogens (tertiary/aromatic N) is 3. The highest BCUT2D eigenvalue weighted by atomic mass is 19.1. The van der Waals surface area contributed by atoms with Crippen molar-refractivity contribution in [2.75, 3.05) is 43.8 Å². The first-order valence-corrected chi connectivity index (χ1v) is 9.72. The number of aliphatic hydroxyl groups is 1. The number of carbonyl (C=O) groups is 1. The standard InChI is InChI=1S/C20H25FN4O5/c1-13-3-8-16(27)24(13)19-20(28)25(22-2)17(18(21)23-19)14-4-6-15(7-5-14)30-12-11-29-10-9-26/h4-7,13,22,26H,3,8-12H2,1-2H3. The molecule has 1 aromatic heterocycles. The van der Waals surface area contributed by atoms with Gasteiger partial charge in [-0.3, -0.25) is 14.5 Å². The summed E-state index contributed by atoms with van der Waals surface area (Å²) in [5.74, 6) is -0.780. The molecule has 9 nitrogen and oxygen atoms in total. The zero-order valence-electron chi connectivity index (χ0n) is 16.9. The van der Waals surface area contributed by atoms with Crippen LogP contribution in [0.5, 0.6) is 5.75 Å². The van der Waals surface area contributed by atoms with E-state index < -0.39 is 11.5 Å². The minimum absolute atomic E-state index is 0.0385. The van der Waals surface area contributed by atoms with E-state index in [0.717, 1.165) is 4.68 Å². The Bertz CT molecular complexity index is 947. The van der Waals surface area contributed by atoms with E-state index in [1.165, 1.54) is 11.9 Å². The van der Waals surface area contributed by atoms with Gasteiger partial charge in [0.2, 0.25) is 17.7 Å². The highest BCUT2D eigenvalue weighted by molar-refractivity contribution is 5.95. The van der Waals surface area contributed by atoms with Crippen molar-refractivity contribution in [2.45, 2.75) is 25.8 Å². The number of carbonyl (C=O) groups excluding carboxylic acids is 1. The monoisotopic (exact) mass is 420 g/mol. The number of hydrogen-bond donors (Lipinski definition) is 2. The molecule has 1 atom stereocenters. The number of rotatable bonds is 9. The van der Waals surface area contributed by atoms with E-state index in [-0.39, 0.29) is 36.7 Å². The third kappa shape index (κ3) is 4.44. The Morgan fingerprint density at radius 1 is 1.23 bits per heavy atom. The predicted molar refractivity (Wildman–Crippen MR) is 109 cm³/mol. The first-order chi connectivity index (χ1) is 14.5. The maximum absolute atomic E-state index is 15.0. The van der Waals surface area contributed by atoms with Crippen molar-refractivity contribution < 1.29 is 23.8 Å². The fourth-order valence-corrected chi connectivity index (χ4v) is 3.35.